The number of esters is 2. The maximum absolute atomic E-state index is 12.9. The molecule has 0 amide bonds. The largest absolute Gasteiger partial charge is 0.481 e. The molecule has 0 spiro atoms. The summed E-state index contributed by atoms with van der Waals surface area (Å²) in [5.41, 5.74) is 4.58. The van der Waals surface area contributed by atoms with Gasteiger partial charge in [-0.05, 0) is 63.4 Å². The van der Waals surface area contributed by atoms with Gasteiger partial charge in [-0.2, -0.15) is 9.29 Å². The number of ether oxygens (including phenoxy) is 4. The second-order valence-corrected chi connectivity index (χ2v) is 21.3. The van der Waals surface area contributed by atoms with Gasteiger partial charge in [0.25, 0.3) is 0 Å². The molecule has 19 nitrogen and oxygen atoms in total. The Morgan fingerprint density at radius 1 is 0.736 bits per heavy atom. The van der Waals surface area contributed by atoms with Crippen LogP contribution in [0.15, 0.2) is 77.8 Å². The molecule has 2 aliphatic rings. The van der Waals surface area contributed by atoms with Crippen molar-refractivity contribution < 1.29 is 71.0 Å². The van der Waals surface area contributed by atoms with Gasteiger partial charge in [-0.1, -0.05) is 152 Å². The molecule has 6 N–H and O–H groups in total. The summed E-state index contributed by atoms with van der Waals surface area (Å²) in [6.07, 6.45) is 33.6. The number of hydrogen-bond donors (Lipinski definition) is 5. The molecule has 0 bridgehead atoms. The monoisotopic (exact) mass is 1060 g/mol. The number of aliphatic hydroxyl groups excluding tert-OH is 2. The minimum atomic E-state index is -5.44. The van der Waals surface area contributed by atoms with Crippen molar-refractivity contribution in [3.8, 4) is 0 Å². The van der Waals surface area contributed by atoms with E-state index in [-0.39, 0.29) is 18.7 Å². The lowest BCUT2D eigenvalue weighted by Crippen LogP contribution is -2.36. The standard InChI is InChI=1S/C51H83N3O16P2/c1-4-6-25-31-42-43(68-42)32-27-22-18-14-9-7-8-10-15-19-23-28-33-46(55)64-37-41(67-47(56)34-29-24-20-16-12-11-13-17-21-26-30-40(3)5-2)38-65-71(60,61)70-72(62,63)66-39-44-48(57)49(58)50(69-44)54-36-35-45(52)53-51(54)59/h6,8-10,14,19,22-23,25,27,35-36,40-44,48-50,57-58H,4-5,7,11-13,15-18,20-21,24,26,28-34,37-39H2,1-3H3,(H,60,61)(H,62,63)(H2,52,53,59)/b10-8-,14-9-,23-19-,25-6-,27-22-/t40?,41-,42?,43?,44-,48-,49-,50-/m1/s1. The molecule has 72 heavy (non-hydrogen) atoms. The summed E-state index contributed by atoms with van der Waals surface area (Å²) in [5, 5.41) is 20.9. The predicted molar refractivity (Wildman–Crippen MR) is 274 cm³/mol. The summed E-state index contributed by atoms with van der Waals surface area (Å²) in [4.78, 5) is 61.9. The van der Waals surface area contributed by atoms with E-state index in [1.807, 2.05) is 18.2 Å². The number of aliphatic hydroxyl groups is 2. The molecule has 3 heterocycles. The molecule has 3 rings (SSSR count). The number of unbranched alkanes of at least 4 members (excludes halogenated alkanes) is 9. The van der Waals surface area contributed by atoms with Crippen LogP contribution in [0.1, 0.15) is 162 Å². The predicted octanol–water partition coefficient (Wildman–Crippen LogP) is 9.57. The number of carbonyl (C=O) groups excluding carboxylic acids is 2. The van der Waals surface area contributed by atoms with Crippen LogP contribution in [-0.2, 0) is 51.0 Å². The lowest BCUT2D eigenvalue weighted by Gasteiger charge is -2.21. The molecule has 0 radical (unpaired) electrons. The van der Waals surface area contributed by atoms with Crippen LogP contribution in [0.4, 0.5) is 5.82 Å². The van der Waals surface area contributed by atoms with E-state index in [4.69, 9.17) is 33.7 Å². The van der Waals surface area contributed by atoms with E-state index in [9.17, 15) is 43.5 Å². The van der Waals surface area contributed by atoms with Crippen molar-refractivity contribution in [1.82, 2.24) is 9.55 Å². The second kappa shape index (κ2) is 35.6. The molecule has 0 aromatic carbocycles. The summed E-state index contributed by atoms with van der Waals surface area (Å²) in [7, 11) is -10.9. The fraction of sp³-hybridized carbons (Fsp3) is 0.686. The normalized spacial score (nSPS) is 22.8. The lowest BCUT2D eigenvalue weighted by molar-refractivity contribution is -0.161. The zero-order chi connectivity index (χ0) is 52.6. The minimum absolute atomic E-state index is 0.00289. The Morgan fingerprint density at radius 2 is 1.31 bits per heavy atom. The quantitative estimate of drug-likeness (QED) is 0.0134. The second-order valence-electron chi connectivity index (χ2n) is 18.3. The number of rotatable bonds is 40. The summed E-state index contributed by atoms with van der Waals surface area (Å²) >= 11 is 0. The number of nitrogen functional groups attached to an aromatic ring is 1. The van der Waals surface area contributed by atoms with E-state index < -0.39 is 83.7 Å². The fourth-order valence-corrected chi connectivity index (χ4v) is 9.70. The minimum Gasteiger partial charge on any atom is -0.462 e. The van der Waals surface area contributed by atoms with Gasteiger partial charge < -0.3 is 44.7 Å². The van der Waals surface area contributed by atoms with Gasteiger partial charge in [-0.3, -0.25) is 23.2 Å². The van der Waals surface area contributed by atoms with Gasteiger partial charge in [0, 0.05) is 19.0 Å². The highest BCUT2D eigenvalue weighted by Gasteiger charge is 2.46. The molecule has 1 aromatic heterocycles. The zero-order valence-corrected chi connectivity index (χ0v) is 44.4. The molecule has 10 atom stereocenters. The highest BCUT2D eigenvalue weighted by molar-refractivity contribution is 7.61. The third kappa shape index (κ3) is 27.6. The summed E-state index contributed by atoms with van der Waals surface area (Å²) in [5.74, 6) is -0.612. The topological polar surface area (TPSA) is 278 Å². The molecule has 0 aliphatic carbocycles. The Kier molecular flexibility index (Phi) is 31.0. The summed E-state index contributed by atoms with van der Waals surface area (Å²) < 4.78 is 62.4. The van der Waals surface area contributed by atoms with Crippen molar-refractivity contribution in [3.05, 3.63) is 83.5 Å². The molecule has 0 saturated carbocycles. The molecular formula is C51H83N3O16P2. The average molecular weight is 1060 g/mol. The number of nitrogens with zero attached hydrogens (tertiary/aromatic N) is 2. The van der Waals surface area contributed by atoms with Crippen LogP contribution < -0.4 is 11.4 Å². The highest BCUT2D eigenvalue weighted by Crippen LogP contribution is 2.60. The van der Waals surface area contributed by atoms with Gasteiger partial charge in [0.15, 0.2) is 12.3 Å². The van der Waals surface area contributed by atoms with Crippen LogP contribution in [0.3, 0.4) is 0 Å². The summed E-state index contributed by atoms with van der Waals surface area (Å²) in [6.45, 7) is 4.27. The van der Waals surface area contributed by atoms with Crippen molar-refractivity contribution in [2.45, 2.75) is 198 Å². The molecule has 1 aromatic rings. The zero-order valence-electron chi connectivity index (χ0n) is 42.6. The van der Waals surface area contributed by atoms with E-state index in [0.717, 1.165) is 74.5 Å². The molecule has 2 aliphatic heterocycles. The first-order chi connectivity index (χ1) is 34.5. The third-order valence-corrected chi connectivity index (χ3v) is 14.7. The number of phosphoric ester groups is 2. The number of aromatic nitrogens is 2. The number of epoxide rings is 1. The number of anilines is 1. The molecular weight excluding hydrogens is 973 g/mol. The van der Waals surface area contributed by atoms with Crippen molar-refractivity contribution in [2.75, 3.05) is 25.6 Å². The van der Waals surface area contributed by atoms with Crippen molar-refractivity contribution in [1.29, 1.82) is 0 Å². The van der Waals surface area contributed by atoms with E-state index in [0.29, 0.717) is 31.5 Å². The van der Waals surface area contributed by atoms with Crippen molar-refractivity contribution in [3.63, 3.8) is 0 Å². The van der Waals surface area contributed by atoms with Crippen LogP contribution in [0.2, 0.25) is 0 Å². The first-order valence-electron chi connectivity index (χ1n) is 25.8. The van der Waals surface area contributed by atoms with Crippen molar-refractivity contribution in [2.24, 2.45) is 5.92 Å². The number of allylic oxidation sites excluding steroid dienone is 8. The van der Waals surface area contributed by atoms with E-state index in [1.54, 1.807) is 0 Å². The molecule has 2 saturated heterocycles. The number of phosphoric acid groups is 2. The van der Waals surface area contributed by atoms with Crippen LogP contribution in [0, 0.1) is 5.92 Å². The van der Waals surface area contributed by atoms with Gasteiger partial charge in [0.1, 0.15) is 30.7 Å². The van der Waals surface area contributed by atoms with Crippen LogP contribution >= 0.6 is 15.6 Å². The first kappa shape index (κ1) is 62.7. The average Bonchev–Trinajstić information content (AvgIpc) is 4.03. The number of hydrogen-bond acceptors (Lipinski definition) is 16. The SMILES string of the molecule is CC/C=C\CC1OC1C/C=C\C/C=C\C/C=C\C/C=C\CCC(=O)OC[C@H](COP(=O)(O)OP(=O)(O)OC[C@H]1O[C@@H](n2ccc(N)nc2=O)[C@H](O)[C@@H]1O)OC(=O)CCCCCCCCCCCCC(C)CC. The molecule has 5 unspecified atom stereocenters. The van der Waals surface area contributed by atoms with E-state index in [2.05, 4.69) is 72.6 Å². The van der Waals surface area contributed by atoms with E-state index >= 15 is 0 Å². The van der Waals surface area contributed by atoms with Crippen LogP contribution in [0.25, 0.3) is 0 Å². The Balaban J connectivity index is 1.41. The van der Waals surface area contributed by atoms with Crippen LogP contribution in [0.5, 0.6) is 0 Å². The van der Waals surface area contributed by atoms with Gasteiger partial charge in [0.2, 0.25) is 0 Å². The summed E-state index contributed by atoms with van der Waals surface area (Å²) in [6, 6.07) is 1.24. The Morgan fingerprint density at radius 3 is 1.92 bits per heavy atom. The molecule has 21 heteroatoms. The smallest absolute Gasteiger partial charge is 0.462 e. The Bertz CT molecular complexity index is 2030. The number of carbonyl (C=O) groups is 2. The maximum Gasteiger partial charge on any atom is 0.481 e. The van der Waals surface area contributed by atoms with Gasteiger partial charge in [-0.25, -0.2) is 13.9 Å². The Labute approximate surface area is 426 Å². The van der Waals surface area contributed by atoms with Crippen molar-refractivity contribution >= 4 is 33.4 Å². The Hall–Kier alpha value is -3.58. The third-order valence-electron chi connectivity index (χ3n) is 12.1. The maximum atomic E-state index is 12.9. The van der Waals surface area contributed by atoms with Gasteiger partial charge >= 0.3 is 33.3 Å². The fourth-order valence-electron chi connectivity index (χ4n) is 7.59. The first-order valence-corrected chi connectivity index (χ1v) is 28.8. The molecule has 2 fully saturated rings. The van der Waals surface area contributed by atoms with Gasteiger partial charge in [0.05, 0.1) is 25.4 Å². The molecule has 408 valence electrons. The highest BCUT2D eigenvalue weighted by atomic mass is 31.3. The van der Waals surface area contributed by atoms with Gasteiger partial charge in [-0.15, -0.1) is 0 Å². The van der Waals surface area contributed by atoms with E-state index in [1.165, 1.54) is 51.0 Å². The number of nitrogens with two attached hydrogens (primary N) is 1. The lowest BCUT2D eigenvalue weighted by atomic mass is 9.99. The van der Waals surface area contributed by atoms with Crippen LogP contribution in [-0.4, -0.2) is 97.9 Å².